The van der Waals surface area contributed by atoms with Crippen molar-refractivity contribution < 1.29 is 47.7 Å². The van der Waals surface area contributed by atoms with Crippen molar-refractivity contribution in [1.82, 2.24) is 5.32 Å². The second-order valence-electron chi connectivity index (χ2n) is 8.20. The molecule has 1 rings (SSSR count). The highest BCUT2D eigenvalue weighted by Gasteiger charge is 2.49. The number of carbonyl (C=O) groups excluding carboxylic acids is 5. The molecule has 31 heavy (non-hydrogen) atoms. The summed E-state index contributed by atoms with van der Waals surface area (Å²) in [5.41, 5.74) is -0.790. The molecule has 1 saturated carbocycles. The lowest BCUT2D eigenvalue weighted by atomic mass is 10.0. The van der Waals surface area contributed by atoms with Gasteiger partial charge in [0.15, 0.2) is 18.3 Å². The van der Waals surface area contributed by atoms with Gasteiger partial charge in [-0.1, -0.05) is 0 Å². The van der Waals surface area contributed by atoms with E-state index >= 15 is 0 Å². The van der Waals surface area contributed by atoms with Crippen LogP contribution in [-0.2, 0) is 42.9 Å². The number of amides is 1. The topological polar surface area (TPSA) is 144 Å². The summed E-state index contributed by atoms with van der Waals surface area (Å²) >= 11 is 0. The number of ether oxygens (including phenoxy) is 5. The third-order valence-electron chi connectivity index (χ3n) is 4.10. The summed E-state index contributed by atoms with van der Waals surface area (Å²) in [6.07, 6.45) is -5.38. The highest BCUT2D eigenvalue weighted by Crippen LogP contribution is 2.29. The third-order valence-corrected chi connectivity index (χ3v) is 4.10. The van der Waals surface area contributed by atoms with Crippen molar-refractivity contribution in [2.45, 2.75) is 97.4 Å². The molecule has 0 aromatic heterocycles. The quantitative estimate of drug-likeness (QED) is 0.374. The standard InChI is InChI=1S/C20H31NO10/c1-10(22)27-15-9-8-14(21-19(26)31-20(5,6)7)16(28-11(2)23)18(30-13(4)25)17(15)29-12(3)24/h14-18H,8-9H2,1-7H3,(H,21,26)/t14-,15+,16-,17-,18+/m1/s1. The molecular formula is C20H31NO10. The van der Waals surface area contributed by atoms with Gasteiger partial charge in [0.1, 0.15) is 11.7 Å². The minimum Gasteiger partial charge on any atom is -0.458 e. The minimum absolute atomic E-state index is 0.119. The number of carbonyl (C=O) groups is 5. The van der Waals surface area contributed by atoms with Crippen molar-refractivity contribution >= 4 is 30.0 Å². The van der Waals surface area contributed by atoms with Crippen LogP contribution in [0.1, 0.15) is 61.3 Å². The van der Waals surface area contributed by atoms with E-state index in [4.69, 9.17) is 23.7 Å². The molecule has 11 heteroatoms. The third kappa shape index (κ3) is 9.22. The van der Waals surface area contributed by atoms with Gasteiger partial charge in [-0.2, -0.15) is 0 Å². The van der Waals surface area contributed by atoms with Gasteiger partial charge in [0.25, 0.3) is 0 Å². The van der Waals surface area contributed by atoms with Crippen LogP contribution in [0.4, 0.5) is 4.79 Å². The Morgan fingerprint density at radius 2 is 1.13 bits per heavy atom. The van der Waals surface area contributed by atoms with E-state index in [0.29, 0.717) is 0 Å². The molecule has 1 aliphatic carbocycles. The Bertz CT molecular complexity index is 699. The maximum Gasteiger partial charge on any atom is 0.408 e. The first-order valence-electron chi connectivity index (χ1n) is 9.88. The predicted octanol–water partition coefficient (Wildman–Crippen LogP) is 1.40. The predicted molar refractivity (Wildman–Crippen MR) is 105 cm³/mol. The maximum absolute atomic E-state index is 12.4. The number of esters is 4. The number of nitrogens with one attached hydrogen (secondary N) is 1. The van der Waals surface area contributed by atoms with E-state index in [0.717, 1.165) is 20.8 Å². The molecule has 0 aromatic carbocycles. The lowest BCUT2D eigenvalue weighted by Crippen LogP contribution is -2.56. The van der Waals surface area contributed by atoms with Crippen LogP contribution in [0.15, 0.2) is 0 Å². The molecule has 5 atom stereocenters. The Balaban J connectivity index is 3.39. The monoisotopic (exact) mass is 445 g/mol. The van der Waals surface area contributed by atoms with Crippen LogP contribution < -0.4 is 5.32 Å². The van der Waals surface area contributed by atoms with E-state index in [9.17, 15) is 24.0 Å². The molecule has 0 aromatic rings. The second-order valence-corrected chi connectivity index (χ2v) is 8.20. The molecule has 0 unspecified atom stereocenters. The first-order chi connectivity index (χ1) is 14.2. The molecule has 1 amide bonds. The van der Waals surface area contributed by atoms with Gasteiger partial charge in [-0.3, -0.25) is 19.2 Å². The van der Waals surface area contributed by atoms with Crippen molar-refractivity contribution in [3.05, 3.63) is 0 Å². The molecule has 1 N–H and O–H groups in total. The Hall–Kier alpha value is -2.85. The van der Waals surface area contributed by atoms with Crippen LogP contribution in [0, 0.1) is 0 Å². The smallest absolute Gasteiger partial charge is 0.408 e. The van der Waals surface area contributed by atoms with Crippen LogP contribution in [-0.4, -0.2) is 66.0 Å². The number of rotatable bonds is 5. The highest BCUT2D eigenvalue weighted by molar-refractivity contribution is 5.70. The lowest BCUT2D eigenvalue weighted by molar-refractivity contribution is -0.196. The van der Waals surface area contributed by atoms with Crippen LogP contribution >= 0.6 is 0 Å². The molecule has 0 saturated heterocycles. The minimum atomic E-state index is -1.35. The number of hydrogen-bond donors (Lipinski definition) is 1. The van der Waals surface area contributed by atoms with E-state index < -0.39 is 66.0 Å². The largest absolute Gasteiger partial charge is 0.458 e. The lowest BCUT2D eigenvalue weighted by Gasteiger charge is -2.35. The van der Waals surface area contributed by atoms with Crippen molar-refractivity contribution in [3.63, 3.8) is 0 Å². The van der Waals surface area contributed by atoms with E-state index in [1.54, 1.807) is 20.8 Å². The van der Waals surface area contributed by atoms with E-state index in [-0.39, 0.29) is 12.8 Å². The van der Waals surface area contributed by atoms with Crippen molar-refractivity contribution in [2.24, 2.45) is 0 Å². The highest BCUT2D eigenvalue weighted by atomic mass is 16.6. The van der Waals surface area contributed by atoms with Crippen molar-refractivity contribution in [2.75, 3.05) is 0 Å². The summed E-state index contributed by atoms with van der Waals surface area (Å²) in [5.74, 6) is -2.84. The zero-order valence-corrected chi connectivity index (χ0v) is 18.9. The van der Waals surface area contributed by atoms with Gasteiger partial charge in [0.2, 0.25) is 0 Å². The summed E-state index contributed by atoms with van der Waals surface area (Å²) in [5, 5.41) is 2.61. The van der Waals surface area contributed by atoms with Gasteiger partial charge < -0.3 is 29.0 Å². The molecule has 0 radical (unpaired) electrons. The molecule has 0 bridgehead atoms. The first-order valence-corrected chi connectivity index (χ1v) is 9.88. The van der Waals surface area contributed by atoms with Gasteiger partial charge in [-0.15, -0.1) is 0 Å². The Labute approximate surface area is 181 Å². The van der Waals surface area contributed by atoms with Crippen molar-refractivity contribution in [3.8, 4) is 0 Å². The summed E-state index contributed by atoms with van der Waals surface area (Å²) in [7, 11) is 0. The van der Waals surface area contributed by atoms with E-state index in [1.807, 2.05) is 0 Å². The molecule has 1 aliphatic rings. The first kappa shape index (κ1) is 26.2. The average molecular weight is 445 g/mol. The zero-order valence-electron chi connectivity index (χ0n) is 18.9. The van der Waals surface area contributed by atoms with Crippen LogP contribution in [0.5, 0.6) is 0 Å². The zero-order chi connectivity index (χ0) is 23.9. The Kier molecular flexibility index (Phi) is 9.26. The molecule has 0 aliphatic heterocycles. The maximum atomic E-state index is 12.4. The number of alkyl carbamates (subject to hydrolysis) is 1. The normalized spacial score (nSPS) is 26.0. The summed E-state index contributed by atoms with van der Waals surface area (Å²) in [4.78, 5) is 59.3. The van der Waals surface area contributed by atoms with Crippen LogP contribution in [0.3, 0.4) is 0 Å². The molecular weight excluding hydrogens is 414 g/mol. The van der Waals surface area contributed by atoms with Crippen LogP contribution in [0.2, 0.25) is 0 Å². The molecule has 11 nitrogen and oxygen atoms in total. The van der Waals surface area contributed by atoms with Crippen LogP contribution in [0.25, 0.3) is 0 Å². The Morgan fingerprint density at radius 3 is 1.58 bits per heavy atom. The summed E-state index contributed by atoms with van der Waals surface area (Å²) in [6.45, 7) is 9.62. The fourth-order valence-electron chi connectivity index (χ4n) is 3.25. The summed E-state index contributed by atoms with van der Waals surface area (Å²) < 4.78 is 26.6. The van der Waals surface area contributed by atoms with Gasteiger partial charge in [0.05, 0.1) is 6.04 Å². The average Bonchev–Trinajstić information content (AvgIpc) is 2.65. The molecule has 176 valence electrons. The summed E-state index contributed by atoms with van der Waals surface area (Å²) in [6, 6.07) is -0.887. The molecule has 1 fully saturated rings. The molecule has 0 spiro atoms. The van der Waals surface area contributed by atoms with Gasteiger partial charge >= 0.3 is 30.0 Å². The fourth-order valence-corrected chi connectivity index (χ4v) is 3.25. The Morgan fingerprint density at radius 1 is 0.677 bits per heavy atom. The number of hydrogen-bond acceptors (Lipinski definition) is 10. The van der Waals surface area contributed by atoms with Crippen molar-refractivity contribution in [1.29, 1.82) is 0 Å². The van der Waals surface area contributed by atoms with E-state index in [1.165, 1.54) is 6.92 Å². The fraction of sp³-hybridized carbons (Fsp3) is 0.750. The van der Waals surface area contributed by atoms with Gasteiger partial charge in [-0.25, -0.2) is 4.79 Å². The van der Waals surface area contributed by atoms with Gasteiger partial charge in [0, 0.05) is 27.7 Å². The van der Waals surface area contributed by atoms with Gasteiger partial charge in [-0.05, 0) is 33.6 Å². The molecule has 0 heterocycles. The SMILES string of the molecule is CC(=O)O[C@@H]1[C@H](OC(C)=O)[C@@H](OC(C)=O)CC[C@@H](NC(=O)OC(C)(C)C)[C@H]1OC(C)=O. The van der Waals surface area contributed by atoms with E-state index in [2.05, 4.69) is 5.32 Å². The second kappa shape index (κ2) is 11.0.